The van der Waals surface area contributed by atoms with Gasteiger partial charge in [-0.1, -0.05) is 19.8 Å². The van der Waals surface area contributed by atoms with Gasteiger partial charge >= 0.3 is 0 Å². The molecule has 10 heteroatoms. The largest absolute Gasteiger partial charge is 0.369 e. The second kappa shape index (κ2) is 8.84. The molecule has 4 rings (SSSR count). The van der Waals surface area contributed by atoms with Crippen LogP contribution in [0.2, 0.25) is 0 Å². The van der Waals surface area contributed by atoms with E-state index in [1.165, 1.54) is 19.1 Å². The molecule has 3 fully saturated rings. The molecule has 34 heavy (non-hydrogen) atoms. The predicted octanol–water partition coefficient (Wildman–Crippen LogP) is 2.23. The minimum absolute atomic E-state index is 0.0448. The van der Waals surface area contributed by atoms with Crippen LogP contribution in [0.15, 0.2) is 23.1 Å². The second-order valence-corrected chi connectivity index (χ2v) is 11.9. The van der Waals surface area contributed by atoms with Gasteiger partial charge in [0.05, 0.1) is 39.2 Å². The molecule has 1 saturated heterocycles. The average molecular weight is 491 g/mol. The van der Waals surface area contributed by atoms with Gasteiger partial charge in [-0.2, -0.15) is 5.26 Å². The van der Waals surface area contributed by atoms with Crippen LogP contribution in [0.1, 0.15) is 45.4 Å². The van der Waals surface area contributed by atoms with Crippen LogP contribution in [0.3, 0.4) is 0 Å². The average Bonchev–Trinajstić information content (AvgIpc) is 3.65. The third kappa shape index (κ3) is 3.84. The monoisotopic (exact) mass is 490 g/mol. The highest BCUT2D eigenvalue weighted by Crippen LogP contribution is 2.65. The number of hydrogen-bond donors (Lipinski definition) is 1. The molecule has 2 unspecified atom stereocenters. The summed E-state index contributed by atoms with van der Waals surface area (Å²) in [7, 11) is -3.50. The van der Waals surface area contributed by atoms with Crippen LogP contribution >= 0.6 is 0 Å². The van der Waals surface area contributed by atoms with Crippen LogP contribution in [-0.2, 0) is 19.4 Å². The van der Waals surface area contributed by atoms with Gasteiger partial charge in [-0.25, -0.2) is 12.8 Å². The third-order valence-corrected chi connectivity index (χ3v) is 9.79. The van der Waals surface area contributed by atoms with E-state index in [-0.39, 0.29) is 16.6 Å². The Morgan fingerprint density at radius 2 is 1.85 bits per heavy atom. The Balaban J connectivity index is 1.50. The third-order valence-electron chi connectivity index (χ3n) is 8.05. The summed E-state index contributed by atoms with van der Waals surface area (Å²) >= 11 is 0. The maximum Gasteiger partial charge on any atom is 0.226 e. The second-order valence-electron chi connectivity index (χ2n) is 9.66. The number of sulfone groups is 1. The Morgan fingerprint density at radius 3 is 2.38 bits per heavy atom. The first-order valence-electron chi connectivity index (χ1n) is 11.9. The first kappa shape index (κ1) is 24.5. The molecule has 0 bridgehead atoms. The number of hydrogen-bond acceptors (Lipinski definition) is 6. The van der Waals surface area contributed by atoms with Crippen LogP contribution in [0.4, 0.5) is 10.1 Å². The summed E-state index contributed by atoms with van der Waals surface area (Å²) in [5, 5.41) is 9.84. The van der Waals surface area contributed by atoms with E-state index in [1.54, 1.807) is 9.80 Å². The molecule has 2 atom stereocenters. The van der Waals surface area contributed by atoms with E-state index >= 15 is 0 Å². The van der Waals surface area contributed by atoms with Crippen LogP contribution in [0, 0.1) is 33.9 Å². The molecular formula is C24H31FN4O4S. The van der Waals surface area contributed by atoms with Gasteiger partial charge < -0.3 is 15.5 Å². The molecule has 2 N–H and O–H groups in total. The number of rotatable bonds is 6. The van der Waals surface area contributed by atoms with Crippen molar-refractivity contribution in [2.24, 2.45) is 22.5 Å². The molecule has 1 aromatic rings. The zero-order valence-corrected chi connectivity index (χ0v) is 20.2. The number of piperazine rings is 1. The van der Waals surface area contributed by atoms with Gasteiger partial charge in [0.15, 0.2) is 9.84 Å². The smallest absolute Gasteiger partial charge is 0.226 e. The molecule has 8 nitrogen and oxygen atoms in total. The van der Waals surface area contributed by atoms with Crippen LogP contribution in [0.25, 0.3) is 0 Å². The van der Waals surface area contributed by atoms with E-state index in [0.29, 0.717) is 57.5 Å². The van der Waals surface area contributed by atoms with E-state index in [4.69, 9.17) is 5.73 Å². The Morgan fingerprint density at radius 1 is 1.18 bits per heavy atom. The minimum Gasteiger partial charge on any atom is -0.369 e. The minimum atomic E-state index is -3.50. The van der Waals surface area contributed by atoms with E-state index in [2.05, 4.69) is 6.07 Å². The first-order chi connectivity index (χ1) is 16.1. The zero-order valence-electron chi connectivity index (χ0n) is 19.4. The molecule has 0 spiro atoms. The molecule has 0 aromatic heterocycles. The van der Waals surface area contributed by atoms with Gasteiger partial charge in [-0.05, 0) is 43.9 Å². The highest BCUT2D eigenvalue weighted by Gasteiger charge is 2.68. The summed E-state index contributed by atoms with van der Waals surface area (Å²) in [6.07, 6.45) is 3.76. The Bertz CT molecular complexity index is 1140. The first-order valence-corrected chi connectivity index (χ1v) is 13.5. The van der Waals surface area contributed by atoms with Crippen molar-refractivity contribution in [3.05, 3.63) is 24.0 Å². The van der Waals surface area contributed by atoms with E-state index in [9.17, 15) is 27.7 Å². The summed E-state index contributed by atoms with van der Waals surface area (Å²) in [6, 6.07) is 6.25. The Labute approximate surface area is 199 Å². The standard InChI is InChI=1S/C24H31FN4O4S/c1-2-34(32,33)17-6-7-20(19(25)15-17)28-11-13-29(14-12-28)21(30)18-5-3-4-8-24(18,22(27)31)23(16-26)9-10-23/h6-7,15,18H,2-5,8-14H2,1H3,(H2,27,31). The van der Waals surface area contributed by atoms with Crippen molar-refractivity contribution >= 4 is 27.3 Å². The molecule has 1 heterocycles. The molecule has 2 aliphatic carbocycles. The normalized spacial score (nSPS) is 26.6. The van der Waals surface area contributed by atoms with Gasteiger partial charge in [0.2, 0.25) is 11.8 Å². The Hall–Kier alpha value is -2.67. The van der Waals surface area contributed by atoms with Crippen molar-refractivity contribution in [3.8, 4) is 6.07 Å². The molecule has 1 aliphatic heterocycles. The summed E-state index contributed by atoms with van der Waals surface area (Å²) in [4.78, 5) is 29.8. The van der Waals surface area contributed by atoms with Crippen molar-refractivity contribution in [2.75, 3.05) is 36.8 Å². The number of anilines is 1. The van der Waals surface area contributed by atoms with Gasteiger partial charge in [0.25, 0.3) is 0 Å². The maximum absolute atomic E-state index is 14.7. The van der Waals surface area contributed by atoms with Crippen molar-refractivity contribution in [2.45, 2.75) is 50.3 Å². The molecule has 2 saturated carbocycles. The van der Waals surface area contributed by atoms with Crippen molar-refractivity contribution in [3.63, 3.8) is 0 Å². The fourth-order valence-electron chi connectivity index (χ4n) is 5.89. The van der Waals surface area contributed by atoms with Crippen LogP contribution < -0.4 is 10.6 Å². The number of halogens is 1. The highest BCUT2D eigenvalue weighted by atomic mass is 32.2. The van der Waals surface area contributed by atoms with Gasteiger partial charge in [0.1, 0.15) is 5.82 Å². The topological polar surface area (TPSA) is 125 Å². The molecule has 184 valence electrons. The van der Waals surface area contributed by atoms with E-state index in [1.807, 2.05) is 0 Å². The highest BCUT2D eigenvalue weighted by molar-refractivity contribution is 7.91. The number of amides is 2. The lowest BCUT2D eigenvalue weighted by molar-refractivity contribution is -0.154. The number of carbonyl (C=O) groups excluding carboxylic acids is 2. The molecule has 1 aromatic carbocycles. The van der Waals surface area contributed by atoms with Crippen molar-refractivity contribution in [1.29, 1.82) is 5.26 Å². The van der Waals surface area contributed by atoms with Crippen molar-refractivity contribution in [1.82, 2.24) is 4.90 Å². The maximum atomic E-state index is 14.7. The van der Waals surface area contributed by atoms with E-state index in [0.717, 1.165) is 18.9 Å². The summed E-state index contributed by atoms with van der Waals surface area (Å²) in [6.45, 7) is 2.96. The fourth-order valence-corrected chi connectivity index (χ4v) is 6.78. The quantitative estimate of drug-likeness (QED) is 0.652. The SMILES string of the molecule is CCS(=O)(=O)c1ccc(N2CCN(C(=O)C3CCCCC3(C(N)=O)C3(C#N)CC3)CC2)c(F)c1. The molecule has 0 radical (unpaired) electrons. The summed E-state index contributed by atoms with van der Waals surface area (Å²) in [5.74, 6) is -2.02. The van der Waals surface area contributed by atoms with Crippen LogP contribution in [0.5, 0.6) is 0 Å². The van der Waals surface area contributed by atoms with Gasteiger partial charge in [-0.15, -0.1) is 0 Å². The lowest BCUT2D eigenvalue weighted by Crippen LogP contribution is -2.58. The number of nitriles is 1. The van der Waals surface area contributed by atoms with E-state index < -0.39 is 38.3 Å². The molecule has 3 aliphatic rings. The number of benzene rings is 1. The van der Waals surface area contributed by atoms with Crippen LogP contribution in [-0.4, -0.2) is 57.1 Å². The molecule has 2 amide bonds. The summed E-state index contributed by atoms with van der Waals surface area (Å²) < 4.78 is 38.8. The lowest BCUT2D eigenvalue weighted by Gasteiger charge is -2.47. The predicted molar refractivity (Wildman–Crippen MR) is 124 cm³/mol. The lowest BCUT2D eigenvalue weighted by atomic mass is 9.57. The number of nitrogens with zero attached hydrogens (tertiary/aromatic N) is 3. The van der Waals surface area contributed by atoms with Gasteiger partial charge in [-0.3, -0.25) is 9.59 Å². The van der Waals surface area contributed by atoms with Crippen molar-refractivity contribution < 1.29 is 22.4 Å². The zero-order chi connectivity index (χ0) is 24.7. The fraction of sp³-hybridized carbons (Fsp3) is 0.625. The molecular weight excluding hydrogens is 459 g/mol. The number of nitrogens with two attached hydrogens (primary N) is 1. The Kier molecular flexibility index (Phi) is 6.36. The number of primary amides is 1. The summed E-state index contributed by atoms with van der Waals surface area (Å²) in [5.41, 5.74) is 4.21. The van der Waals surface area contributed by atoms with Gasteiger partial charge in [0, 0.05) is 26.2 Å². The number of carbonyl (C=O) groups is 2.